The van der Waals surface area contributed by atoms with Crippen LogP contribution in [0.1, 0.15) is 17.7 Å². The van der Waals surface area contributed by atoms with Gasteiger partial charge in [-0.05, 0) is 25.0 Å². The van der Waals surface area contributed by atoms with Crippen LogP contribution in [0.3, 0.4) is 0 Å². The summed E-state index contributed by atoms with van der Waals surface area (Å²) in [6.45, 7) is 3.29. The molecule has 0 unspecified atom stereocenters. The maximum atomic E-state index is 9.41. The number of nitriles is 1. The van der Waals surface area contributed by atoms with Gasteiger partial charge in [-0.25, -0.2) is 4.98 Å². The minimum Gasteiger partial charge on any atom is -0.391 e. The van der Waals surface area contributed by atoms with Crippen molar-refractivity contribution >= 4 is 5.82 Å². The number of hydrogen-bond donors (Lipinski definition) is 1. The lowest BCUT2D eigenvalue weighted by Gasteiger charge is -2.16. The largest absolute Gasteiger partial charge is 0.391 e. The van der Waals surface area contributed by atoms with Crippen molar-refractivity contribution in [3.05, 3.63) is 23.4 Å². The number of nitrogens with zero attached hydrogens (tertiary/aromatic N) is 3. The van der Waals surface area contributed by atoms with Crippen molar-refractivity contribution in [3.63, 3.8) is 0 Å². The van der Waals surface area contributed by atoms with Crippen molar-refractivity contribution in [1.82, 2.24) is 4.98 Å². The minimum atomic E-state index is -0.265. The molecule has 1 N–H and O–H groups in total. The molecular formula is C11H13N3O. The van der Waals surface area contributed by atoms with Gasteiger partial charge in [0.2, 0.25) is 0 Å². The number of aryl methyl sites for hydroxylation is 1. The number of anilines is 1. The highest BCUT2D eigenvalue weighted by molar-refractivity contribution is 5.45. The molecule has 4 nitrogen and oxygen atoms in total. The van der Waals surface area contributed by atoms with Crippen LogP contribution in [0, 0.1) is 18.3 Å². The summed E-state index contributed by atoms with van der Waals surface area (Å²) in [6.07, 6.45) is 0.510. The summed E-state index contributed by atoms with van der Waals surface area (Å²) >= 11 is 0. The van der Waals surface area contributed by atoms with E-state index in [1.54, 1.807) is 0 Å². The Hall–Kier alpha value is -1.60. The van der Waals surface area contributed by atoms with Crippen molar-refractivity contribution in [3.8, 4) is 6.07 Å². The lowest BCUT2D eigenvalue weighted by Crippen LogP contribution is -2.22. The molecule has 2 rings (SSSR count). The molecule has 0 aliphatic carbocycles. The first-order chi connectivity index (χ1) is 7.20. The van der Waals surface area contributed by atoms with Gasteiger partial charge in [0.25, 0.3) is 0 Å². The van der Waals surface area contributed by atoms with Crippen molar-refractivity contribution in [2.24, 2.45) is 0 Å². The SMILES string of the molecule is Cc1ccc(N2CC[C@@H](O)C2)nc1C#N. The summed E-state index contributed by atoms with van der Waals surface area (Å²) < 4.78 is 0. The average Bonchev–Trinajstić information content (AvgIpc) is 2.66. The van der Waals surface area contributed by atoms with Gasteiger partial charge in [-0.2, -0.15) is 5.26 Å². The third kappa shape index (κ3) is 1.92. The van der Waals surface area contributed by atoms with Crippen LogP contribution in [0.15, 0.2) is 12.1 Å². The van der Waals surface area contributed by atoms with Crippen molar-refractivity contribution in [2.75, 3.05) is 18.0 Å². The van der Waals surface area contributed by atoms with Gasteiger partial charge in [0.15, 0.2) is 0 Å². The zero-order valence-corrected chi connectivity index (χ0v) is 8.64. The lowest BCUT2D eigenvalue weighted by atomic mass is 10.2. The Kier molecular flexibility index (Phi) is 2.57. The normalized spacial score (nSPS) is 20.3. The van der Waals surface area contributed by atoms with Crippen molar-refractivity contribution < 1.29 is 5.11 Å². The maximum absolute atomic E-state index is 9.41. The molecule has 15 heavy (non-hydrogen) atoms. The van der Waals surface area contributed by atoms with Crippen LogP contribution in [0.5, 0.6) is 0 Å². The molecule has 1 aromatic heterocycles. The Bertz CT molecular complexity index is 411. The first-order valence-electron chi connectivity index (χ1n) is 5.01. The predicted molar refractivity (Wildman–Crippen MR) is 56.5 cm³/mol. The first-order valence-corrected chi connectivity index (χ1v) is 5.01. The topological polar surface area (TPSA) is 60.1 Å². The molecule has 4 heteroatoms. The van der Waals surface area contributed by atoms with Gasteiger partial charge in [0, 0.05) is 13.1 Å². The fourth-order valence-electron chi connectivity index (χ4n) is 1.76. The van der Waals surface area contributed by atoms with E-state index in [4.69, 9.17) is 5.26 Å². The van der Waals surface area contributed by atoms with E-state index in [0.29, 0.717) is 12.2 Å². The zero-order valence-electron chi connectivity index (χ0n) is 8.64. The minimum absolute atomic E-state index is 0.265. The summed E-state index contributed by atoms with van der Waals surface area (Å²) in [5, 5.41) is 18.3. The lowest BCUT2D eigenvalue weighted by molar-refractivity contribution is 0.198. The number of β-amino-alcohol motifs (C(OH)–C–C–N with tert-alkyl or cyclic N) is 1. The summed E-state index contributed by atoms with van der Waals surface area (Å²) in [5.74, 6) is 0.786. The summed E-state index contributed by atoms with van der Waals surface area (Å²) in [4.78, 5) is 6.27. The molecular weight excluding hydrogens is 190 g/mol. The van der Waals surface area contributed by atoms with E-state index < -0.39 is 0 Å². The molecule has 78 valence electrons. The van der Waals surface area contributed by atoms with Crippen LogP contribution < -0.4 is 4.90 Å². The number of pyridine rings is 1. The Morgan fingerprint density at radius 1 is 1.60 bits per heavy atom. The Morgan fingerprint density at radius 3 is 3.00 bits per heavy atom. The number of aromatic nitrogens is 1. The number of rotatable bonds is 1. The fraction of sp³-hybridized carbons (Fsp3) is 0.455. The molecule has 1 atom stereocenters. The van der Waals surface area contributed by atoms with Gasteiger partial charge in [-0.3, -0.25) is 0 Å². The molecule has 0 spiro atoms. The van der Waals surface area contributed by atoms with Gasteiger partial charge in [-0.1, -0.05) is 6.07 Å². The number of aliphatic hydroxyl groups is 1. The highest BCUT2D eigenvalue weighted by atomic mass is 16.3. The third-order valence-electron chi connectivity index (χ3n) is 2.68. The molecule has 0 aromatic carbocycles. The highest BCUT2D eigenvalue weighted by Gasteiger charge is 2.21. The molecule has 1 aromatic rings. The van der Waals surface area contributed by atoms with Crippen molar-refractivity contribution in [2.45, 2.75) is 19.4 Å². The molecule has 2 heterocycles. The monoisotopic (exact) mass is 203 g/mol. The average molecular weight is 203 g/mol. The molecule has 1 aliphatic rings. The van der Waals surface area contributed by atoms with Gasteiger partial charge in [-0.15, -0.1) is 0 Å². The van der Waals surface area contributed by atoms with Crippen LogP contribution in [-0.4, -0.2) is 29.3 Å². The van der Waals surface area contributed by atoms with Crippen LogP contribution in [0.4, 0.5) is 5.82 Å². The van der Waals surface area contributed by atoms with Crippen LogP contribution in [0.2, 0.25) is 0 Å². The second-order valence-electron chi connectivity index (χ2n) is 3.84. The number of aliphatic hydroxyl groups excluding tert-OH is 1. The Morgan fingerprint density at radius 2 is 2.40 bits per heavy atom. The van der Waals surface area contributed by atoms with Gasteiger partial charge in [0.1, 0.15) is 17.6 Å². The quantitative estimate of drug-likeness (QED) is 0.734. The van der Waals surface area contributed by atoms with E-state index in [1.165, 1.54) is 0 Å². The molecule has 0 saturated carbocycles. The summed E-state index contributed by atoms with van der Waals surface area (Å²) in [5.41, 5.74) is 1.36. The summed E-state index contributed by atoms with van der Waals surface area (Å²) in [6, 6.07) is 5.86. The second kappa shape index (κ2) is 3.87. The van der Waals surface area contributed by atoms with E-state index in [1.807, 2.05) is 24.0 Å². The Labute approximate surface area is 88.8 Å². The maximum Gasteiger partial charge on any atom is 0.145 e. The van der Waals surface area contributed by atoms with Gasteiger partial charge >= 0.3 is 0 Å². The number of hydrogen-bond acceptors (Lipinski definition) is 4. The van der Waals surface area contributed by atoms with Crippen LogP contribution >= 0.6 is 0 Å². The fourth-order valence-corrected chi connectivity index (χ4v) is 1.76. The molecule has 1 aliphatic heterocycles. The predicted octanol–water partition coefficient (Wildman–Crippen LogP) is 0.833. The smallest absolute Gasteiger partial charge is 0.145 e. The Balaban J connectivity index is 2.26. The van der Waals surface area contributed by atoms with E-state index in [9.17, 15) is 5.11 Å². The molecule has 0 radical (unpaired) electrons. The van der Waals surface area contributed by atoms with E-state index in [2.05, 4.69) is 11.1 Å². The van der Waals surface area contributed by atoms with E-state index >= 15 is 0 Å². The second-order valence-corrected chi connectivity index (χ2v) is 3.84. The molecule has 0 bridgehead atoms. The molecule has 1 fully saturated rings. The standard InChI is InChI=1S/C11H13N3O/c1-8-2-3-11(13-10(8)6-12)14-5-4-9(15)7-14/h2-3,9,15H,4-5,7H2,1H3/t9-/m1/s1. The van der Waals surface area contributed by atoms with Crippen LogP contribution in [0.25, 0.3) is 0 Å². The molecule has 1 saturated heterocycles. The van der Waals surface area contributed by atoms with Gasteiger partial charge < -0.3 is 10.0 Å². The third-order valence-corrected chi connectivity index (χ3v) is 2.68. The van der Waals surface area contributed by atoms with Crippen molar-refractivity contribution in [1.29, 1.82) is 5.26 Å². The zero-order chi connectivity index (χ0) is 10.8. The first kappa shape index (κ1) is 9.94. The highest BCUT2D eigenvalue weighted by Crippen LogP contribution is 2.19. The van der Waals surface area contributed by atoms with E-state index in [0.717, 1.165) is 24.3 Å². The van der Waals surface area contributed by atoms with E-state index in [-0.39, 0.29) is 6.10 Å². The molecule has 0 amide bonds. The van der Waals surface area contributed by atoms with Crippen LogP contribution in [-0.2, 0) is 0 Å². The van der Waals surface area contributed by atoms with Gasteiger partial charge in [0.05, 0.1) is 6.10 Å². The summed E-state index contributed by atoms with van der Waals surface area (Å²) in [7, 11) is 0.